The smallest absolute Gasteiger partial charge is 0.262 e. The fourth-order valence-electron chi connectivity index (χ4n) is 2.72. The second-order valence-electron chi connectivity index (χ2n) is 7.13. The molecule has 0 heterocycles. The molecule has 6 nitrogen and oxygen atoms in total. The maximum absolute atomic E-state index is 12.2. The number of sulfonamides is 1. The average molecular weight is 417 g/mol. The molecule has 7 heteroatoms. The third kappa shape index (κ3) is 7.36. The number of carbonyl (C=O) groups excluding carboxylic acids is 1. The summed E-state index contributed by atoms with van der Waals surface area (Å²) in [7, 11) is -3.42. The topological polar surface area (TPSA) is 84.5 Å². The lowest BCUT2D eigenvalue weighted by Gasteiger charge is -2.15. The van der Waals surface area contributed by atoms with Crippen molar-refractivity contribution in [2.75, 3.05) is 18.5 Å². The van der Waals surface area contributed by atoms with Crippen molar-refractivity contribution < 1.29 is 17.9 Å². The van der Waals surface area contributed by atoms with Crippen molar-refractivity contribution in [1.29, 1.82) is 0 Å². The van der Waals surface area contributed by atoms with Gasteiger partial charge in [-0.1, -0.05) is 44.2 Å². The van der Waals surface area contributed by atoms with E-state index in [2.05, 4.69) is 30.5 Å². The van der Waals surface area contributed by atoms with E-state index >= 15 is 0 Å². The van der Waals surface area contributed by atoms with Gasteiger partial charge in [0.1, 0.15) is 5.75 Å². The number of anilines is 1. The van der Waals surface area contributed by atoms with Gasteiger partial charge in [-0.3, -0.25) is 4.79 Å². The Kier molecular flexibility index (Phi) is 7.99. The third-order valence-corrected chi connectivity index (χ3v) is 5.51. The first-order chi connectivity index (χ1) is 13.7. The Morgan fingerprint density at radius 3 is 2.48 bits per heavy atom. The molecule has 0 aliphatic rings. The number of nitrogens with one attached hydrogen (secondary N) is 2. The number of hydrogen-bond acceptors (Lipinski definition) is 4. The normalized spacial score (nSPS) is 11.3. The van der Waals surface area contributed by atoms with Crippen molar-refractivity contribution in [3.8, 4) is 5.75 Å². The highest BCUT2D eigenvalue weighted by Crippen LogP contribution is 2.27. The highest BCUT2D eigenvalue weighted by atomic mass is 32.2. The summed E-state index contributed by atoms with van der Waals surface area (Å²) in [6.45, 7) is 9.70. The van der Waals surface area contributed by atoms with Crippen LogP contribution in [-0.4, -0.2) is 27.5 Å². The Balaban J connectivity index is 1.93. The number of benzene rings is 2. The van der Waals surface area contributed by atoms with Crippen LogP contribution in [0, 0.1) is 6.92 Å². The summed E-state index contributed by atoms with van der Waals surface area (Å²) in [5.41, 5.74) is 3.32. The summed E-state index contributed by atoms with van der Waals surface area (Å²) in [6.07, 6.45) is 1.49. The number of amides is 1. The molecule has 2 aromatic carbocycles. The van der Waals surface area contributed by atoms with Crippen molar-refractivity contribution in [3.05, 3.63) is 71.8 Å². The molecule has 0 fully saturated rings. The third-order valence-electron chi connectivity index (χ3n) is 4.19. The monoisotopic (exact) mass is 416 g/mol. The van der Waals surface area contributed by atoms with Gasteiger partial charge in [-0.2, -0.15) is 0 Å². The van der Waals surface area contributed by atoms with Gasteiger partial charge in [-0.15, -0.1) is 6.58 Å². The number of ether oxygens (including phenoxy) is 1. The molecule has 2 rings (SSSR count). The van der Waals surface area contributed by atoms with Crippen molar-refractivity contribution >= 4 is 21.6 Å². The van der Waals surface area contributed by atoms with Gasteiger partial charge in [-0.25, -0.2) is 13.1 Å². The molecule has 29 heavy (non-hydrogen) atoms. The minimum atomic E-state index is -3.42. The summed E-state index contributed by atoms with van der Waals surface area (Å²) in [6, 6.07) is 12.6. The maximum atomic E-state index is 12.2. The zero-order chi connectivity index (χ0) is 21.4. The van der Waals surface area contributed by atoms with Gasteiger partial charge in [0.2, 0.25) is 10.0 Å². The molecule has 0 bridgehead atoms. The Bertz CT molecular complexity index is 951. The molecule has 0 aliphatic carbocycles. The fraction of sp³-hybridized carbons (Fsp3) is 0.318. The standard InChI is InChI=1S/C22H28N2O4S/c1-5-12-23-29(26,27)15-18-7-9-19(10-8-18)24-22(25)14-28-21-13-17(4)6-11-20(21)16(2)3/h5-11,13,16,23H,1,12,14-15H2,2-4H3,(H,24,25). The minimum absolute atomic E-state index is 0.106. The summed E-state index contributed by atoms with van der Waals surface area (Å²) in [5.74, 6) is 0.583. The number of hydrogen-bond donors (Lipinski definition) is 2. The average Bonchev–Trinajstić information content (AvgIpc) is 2.66. The van der Waals surface area contributed by atoms with Crippen LogP contribution in [0.4, 0.5) is 5.69 Å². The largest absolute Gasteiger partial charge is 0.483 e. The zero-order valence-corrected chi connectivity index (χ0v) is 17.9. The molecule has 0 saturated heterocycles. The molecular formula is C22H28N2O4S. The van der Waals surface area contributed by atoms with Crippen molar-refractivity contribution in [2.45, 2.75) is 32.4 Å². The van der Waals surface area contributed by atoms with Gasteiger partial charge in [0.15, 0.2) is 6.61 Å². The molecule has 1 amide bonds. The fourth-order valence-corrected chi connectivity index (χ4v) is 3.83. The molecular weight excluding hydrogens is 388 g/mol. The second-order valence-corrected chi connectivity index (χ2v) is 8.93. The molecule has 0 aliphatic heterocycles. The summed E-state index contributed by atoms with van der Waals surface area (Å²) in [4.78, 5) is 12.2. The number of rotatable bonds is 10. The predicted molar refractivity (Wildman–Crippen MR) is 117 cm³/mol. The van der Waals surface area contributed by atoms with Gasteiger partial charge in [0, 0.05) is 12.2 Å². The maximum Gasteiger partial charge on any atom is 0.262 e. The van der Waals surface area contributed by atoms with E-state index in [1.54, 1.807) is 24.3 Å². The second kappa shape index (κ2) is 10.2. The van der Waals surface area contributed by atoms with Crippen LogP contribution < -0.4 is 14.8 Å². The van der Waals surface area contributed by atoms with Crippen LogP contribution in [0.3, 0.4) is 0 Å². The van der Waals surface area contributed by atoms with E-state index in [1.165, 1.54) is 6.08 Å². The lowest BCUT2D eigenvalue weighted by molar-refractivity contribution is -0.118. The molecule has 156 valence electrons. The highest BCUT2D eigenvalue weighted by Gasteiger charge is 2.12. The van der Waals surface area contributed by atoms with Gasteiger partial charge < -0.3 is 10.1 Å². The van der Waals surface area contributed by atoms with Gasteiger partial charge >= 0.3 is 0 Å². The highest BCUT2D eigenvalue weighted by molar-refractivity contribution is 7.88. The van der Waals surface area contributed by atoms with Crippen LogP contribution in [0.25, 0.3) is 0 Å². The number of aryl methyl sites for hydroxylation is 1. The minimum Gasteiger partial charge on any atom is -0.483 e. The van der Waals surface area contributed by atoms with Gasteiger partial charge in [0.05, 0.1) is 5.75 Å². The number of carbonyl (C=O) groups is 1. The lowest BCUT2D eigenvalue weighted by atomic mass is 10.0. The summed E-state index contributed by atoms with van der Waals surface area (Å²) >= 11 is 0. The van der Waals surface area contributed by atoms with E-state index in [9.17, 15) is 13.2 Å². The summed E-state index contributed by atoms with van der Waals surface area (Å²) in [5, 5.41) is 2.76. The first kappa shape index (κ1) is 22.6. The SMILES string of the molecule is C=CCNS(=O)(=O)Cc1ccc(NC(=O)COc2cc(C)ccc2C(C)C)cc1. The van der Waals surface area contributed by atoms with E-state index < -0.39 is 10.0 Å². The van der Waals surface area contributed by atoms with Crippen LogP contribution in [-0.2, 0) is 20.6 Å². The van der Waals surface area contributed by atoms with E-state index in [-0.39, 0.29) is 24.8 Å². The molecule has 0 radical (unpaired) electrons. The van der Waals surface area contributed by atoms with Crippen molar-refractivity contribution in [1.82, 2.24) is 4.72 Å². The molecule has 0 atom stereocenters. The van der Waals surface area contributed by atoms with Crippen LogP contribution in [0.2, 0.25) is 0 Å². The Labute approximate surface area is 173 Å². The first-order valence-electron chi connectivity index (χ1n) is 9.40. The molecule has 2 N–H and O–H groups in total. The van der Waals surface area contributed by atoms with Crippen molar-refractivity contribution in [3.63, 3.8) is 0 Å². The van der Waals surface area contributed by atoms with Gasteiger partial charge in [-0.05, 0) is 47.7 Å². The van der Waals surface area contributed by atoms with Crippen LogP contribution >= 0.6 is 0 Å². The van der Waals surface area contributed by atoms with E-state index in [4.69, 9.17) is 4.74 Å². The Hall–Kier alpha value is -2.64. The van der Waals surface area contributed by atoms with E-state index in [0.29, 0.717) is 22.9 Å². The van der Waals surface area contributed by atoms with Crippen LogP contribution in [0.1, 0.15) is 36.5 Å². The van der Waals surface area contributed by atoms with Crippen LogP contribution in [0.15, 0.2) is 55.1 Å². The van der Waals surface area contributed by atoms with Gasteiger partial charge in [0.25, 0.3) is 5.91 Å². The predicted octanol–water partition coefficient (Wildman–Crippen LogP) is 3.74. The van der Waals surface area contributed by atoms with Crippen LogP contribution in [0.5, 0.6) is 5.75 Å². The molecule has 0 spiro atoms. The van der Waals surface area contributed by atoms with Crippen molar-refractivity contribution in [2.24, 2.45) is 0 Å². The molecule has 0 aromatic heterocycles. The Morgan fingerprint density at radius 2 is 1.86 bits per heavy atom. The lowest BCUT2D eigenvalue weighted by Crippen LogP contribution is -2.25. The summed E-state index contributed by atoms with van der Waals surface area (Å²) < 4.78 is 31.9. The first-order valence-corrected chi connectivity index (χ1v) is 11.1. The molecule has 0 unspecified atom stereocenters. The molecule has 0 saturated carbocycles. The van der Waals surface area contributed by atoms with E-state index in [0.717, 1.165) is 11.1 Å². The zero-order valence-electron chi connectivity index (χ0n) is 17.1. The molecule has 2 aromatic rings. The van der Waals surface area contributed by atoms with E-state index in [1.807, 2.05) is 25.1 Å². The quantitative estimate of drug-likeness (QED) is 0.578. The Morgan fingerprint density at radius 1 is 1.17 bits per heavy atom.